The lowest BCUT2D eigenvalue weighted by molar-refractivity contribution is -0.274. The van der Waals surface area contributed by atoms with E-state index in [1.807, 2.05) is 0 Å². The highest BCUT2D eigenvalue weighted by Crippen LogP contribution is 2.45. The Bertz CT molecular complexity index is 605. The summed E-state index contributed by atoms with van der Waals surface area (Å²) in [6.45, 7) is 6.28. The van der Waals surface area contributed by atoms with E-state index in [1.54, 1.807) is 12.1 Å². The molecule has 3 atom stereocenters. The molecule has 1 aromatic carbocycles. The minimum atomic E-state index is -4.72. The van der Waals surface area contributed by atoms with Gasteiger partial charge >= 0.3 is 6.36 Å². The maximum atomic E-state index is 12.6. The Kier molecular flexibility index (Phi) is 5.79. The number of nitrogens with zero attached hydrogens (tertiary/aromatic N) is 1. The molecule has 0 amide bonds. The number of benzene rings is 1. The average molecular weight is 372 g/mol. The maximum Gasteiger partial charge on any atom is 0.573 e. The largest absolute Gasteiger partial charge is 0.573 e. The topological polar surface area (TPSA) is 44.7 Å². The molecule has 26 heavy (non-hydrogen) atoms. The van der Waals surface area contributed by atoms with Crippen molar-refractivity contribution in [3.63, 3.8) is 0 Å². The van der Waals surface area contributed by atoms with E-state index in [0.29, 0.717) is 30.9 Å². The number of ether oxygens (including phenoxy) is 1. The van der Waals surface area contributed by atoms with Crippen LogP contribution in [-0.2, 0) is 0 Å². The van der Waals surface area contributed by atoms with Crippen LogP contribution in [0.4, 0.5) is 13.2 Å². The third-order valence-electron chi connectivity index (χ3n) is 5.57. The van der Waals surface area contributed by atoms with Crippen LogP contribution in [0.5, 0.6) is 5.75 Å². The summed E-state index contributed by atoms with van der Waals surface area (Å²) in [4.78, 5) is 2.28. The summed E-state index contributed by atoms with van der Waals surface area (Å²) in [5.74, 6) is -0.0441. The molecule has 4 nitrogen and oxygen atoms in total. The number of alkyl halides is 3. The quantitative estimate of drug-likeness (QED) is 0.834. The van der Waals surface area contributed by atoms with Crippen molar-refractivity contribution in [2.45, 2.75) is 44.1 Å². The second-order valence-corrected chi connectivity index (χ2v) is 7.68. The molecule has 3 rings (SSSR count). The van der Waals surface area contributed by atoms with E-state index in [9.17, 15) is 18.3 Å². The van der Waals surface area contributed by atoms with Crippen LogP contribution in [-0.4, -0.2) is 54.7 Å². The average Bonchev–Trinajstić information content (AvgIpc) is 2.92. The molecule has 1 aliphatic carbocycles. The first kappa shape index (κ1) is 19.5. The molecule has 0 aromatic heterocycles. The molecule has 2 unspecified atom stereocenters. The standard InChI is InChI=1S/C19H27F3N2O2/c1-14-5-6-18(25,12-14)17(13-24-9-7-23-8-10-24)15-3-2-4-16(11-15)26-19(20,21)22/h2-4,11,14,17,23,25H,5-10,12-13H2,1H3/t14-,17?,18?/m0/s1. The molecular formula is C19H27F3N2O2. The Morgan fingerprint density at radius 3 is 2.69 bits per heavy atom. The lowest BCUT2D eigenvalue weighted by atomic mass is 9.79. The highest BCUT2D eigenvalue weighted by Gasteiger charge is 2.44. The van der Waals surface area contributed by atoms with Crippen molar-refractivity contribution in [3.05, 3.63) is 29.8 Å². The van der Waals surface area contributed by atoms with E-state index >= 15 is 0 Å². The number of halogens is 3. The van der Waals surface area contributed by atoms with Gasteiger partial charge in [0.1, 0.15) is 5.75 Å². The Labute approximate surface area is 152 Å². The first-order valence-electron chi connectivity index (χ1n) is 9.26. The van der Waals surface area contributed by atoms with Gasteiger partial charge in [0, 0.05) is 38.6 Å². The first-order valence-corrected chi connectivity index (χ1v) is 9.26. The van der Waals surface area contributed by atoms with Gasteiger partial charge in [-0.05, 0) is 42.9 Å². The fourth-order valence-corrected chi connectivity index (χ4v) is 4.29. The van der Waals surface area contributed by atoms with Crippen molar-refractivity contribution >= 4 is 0 Å². The van der Waals surface area contributed by atoms with Crippen molar-refractivity contribution in [2.24, 2.45) is 5.92 Å². The van der Waals surface area contributed by atoms with Gasteiger partial charge < -0.3 is 20.1 Å². The Balaban J connectivity index is 1.86. The number of hydrogen-bond acceptors (Lipinski definition) is 4. The van der Waals surface area contributed by atoms with Crippen molar-refractivity contribution in [2.75, 3.05) is 32.7 Å². The molecule has 0 spiro atoms. The molecule has 146 valence electrons. The third kappa shape index (κ3) is 4.90. The van der Waals surface area contributed by atoms with Gasteiger partial charge in [0.15, 0.2) is 0 Å². The molecular weight excluding hydrogens is 345 g/mol. The highest BCUT2D eigenvalue weighted by atomic mass is 19.4. The van der Waals surface area contributed by atoms with Gasteiger partial charge in [-0.1, -0.05) is 19.1 Å². The van der Waals surface area contributed by atoms with Gasteiger partial charge in [-0.25, -0.2) is 0 Å². The van der Waals surface area contributed by atoms with E-state index in [2.05, 4.69) is 21.9 Å². The summed E-state index contributed by atoms with van der Waals surface area (Å²) in [6, 6.07) is 6.11. The molecule has 0 bridgehead atoms. The van der Waals surface area contributed by atoms with Crippen LogP contribution < -0.4 is 10.1 Å². The van der Waals surface area contributed by atoms with Crippen LogP contribution in [0.3, 0.4) is 0 Å². The molecule has 2 fully saturated rings. The fraction of sp³-hybridized carbons (Fsp3) is 0.684. The summed E-state index contributed by atoms with van der Waals surface area (Å²) in [5.41, 5.74) is -0.178. The first-order chi connectivity index (χ1) is 12.3. The summed E-state index contributed by atoms with van der Waals surface area (Å²) < 4.78 is 41.9. The molecule has 1 heterocycles. The Hall–Kier alpha value is -1.31. The highest BCUT2D eigenvalue weighted by molar-refractivity contribution is 5.33. The number of rotatable bonds is 5. The molecule has 0 radical (unpaired) electrons. The van der Waals surface area contributed by atoms with Gasteiger partial charge in [0.2, 0.25) is 0 Å². The molecule has 2 N–H and O–H groups in total. The van der Waals surface area contributed by atoms with E-state index in [-0.39, 0.29) is 11.7 Å². The Morgan fingerprint density at radius 2 is 2.08 bits per heavy atom. The van der Waals surface area contributed by atoms with Crippen LogP contribution in [0.2, 0.25) is 0 Å². The minimum Gasteiger partial charge on any atom is -0.406 e. The van der Waals surface area contributed by atoms with Gasteiger partial charge in [-0.15, -0.1) is 13.2 Å². The van der Waals surface area contributed by atoms with Gasteiger partial charge in [-0.2, -0.15) is 0 Å². The lowest BCUT2D eigenvalue weighted by Gasteiger charge is -2.38. The van der Waals surface area contributed by atoms with Gasteiger partial charge in [0.25, 0.3) is 0 Å². The van der Waals surface area contributed by atoms with Crippen molar-refractivity contribution < 1.29 is 23.0 Å². The van der Waals surface area contributed by atoms with E-state index < -0.39 is 12.0 Å². The zero-order valence-corrected chi connectivity index (χ0v) is 15.1. The predicted molar refractivity (Wildman–Crippen MR) is 93.1 cm³/mol. The maximum absolute atomic E-state index is 12.6. The number of nitrogens with one attached hydrogen (secondary N) is 1. The molecule has 1 aromatic rings. The fourth-order valence-electron chi connectivity index (χ4n) is 4.29. The summed E-state index contributed by atoms with van der Waals surface area (Å²) in [5, 5.41) is 14.6. The zero-order chi connectivity index (χ0) is 18.8. The molecule has 7 heteroatoms. The number of piperazine rings is 1. The summed E-state index contributed by atoms with van der Waals surface area (Å²) in [7, 11) is 0. The summed E-state index contributed by atoms with van der Waals surface area (Å²) >= 11 is 0. The molecule has 2 aliphatic rings. The van der Waals surface area contributed by atoms with Crippen molar-refractivity contribution in [3.8, 4) is 5.75 Å². The van der Waals surface area contributed by atoms with E-state index in [0.717, 1.165) is 32.6 Å². The van der Waals surface area contributed by atoms with Crippen LogP contribution >= 0.6 is 0 Å². The number of aliphatic hydroxyl groups is 1. The number of hydrogen-bond donors (Lipinski definition) is 2. The van der Waals surface area contributed by atoms with E-state index in [1.165, 1.54) is 12.1 Å². The van der Waals surface area contributed by atoms with Crippen molar-refractivity contribution in [1.82, 2.24) is 10.2 Å². The van der Waals surface area contributed by atoms with Crippen LogP contribution in [0.1, 0.15) is 37.7 Å². The molecule has 1 saturated heterocycles. The SMILES string of the molecule is C[C@H]1CCC(O)(C(CN2CCNCC2)c2cccc(OC(F)(F)F)c2)C1. The Morgan fingerprint density at radius 1 is 1.35 bits per heavy atom. The normalized spacial score (nSPS) is 28.9. The molecule has 1 aliphatic heterocycles. The predicted octanol–water partition coefficient (Wildman–Crippen LogP) is 3.13. The van der Waals surface area contributed by atoms with E-state index in [4.69, 9.17) is 0 Å². The zero-order valence-electron chi connectivity index (χ0n) is 15.1. The van der Waals surface area contributed by atoms with Crippen LogP contribution in [0, 0.1) is 5.92 Å². The minimum absolute atomic E-state index is 0.227. The van der Waals surface area contributed by atoms with Crippen molar-refractivity contribution in [1.29, 1.82) is 0 Å². The molecule has 1 saturated carbocycles. The van der Waals surface area contributed by atoms with Crippen LogP contribution in [0.15, 0.2) is 24.3 Å². The lowest BCUT2D eigenvalue weighted by Crippen LogP contribution is -2.48. The van der Waals surface area contributed by atoms with Gasteiger partial charge in [0.05, 0.1) is 5.60 Å². The van der Waals surface area contributed by atoms with Crippen LogP contribution in [0.25, 0.3) is 0 Å². The summed E-state index contributed by atoms with van der Waals surface area (Å²) in [6.07, 6.45) is -2.43. The second kappa shape index (κ2) is 7.74. The monoisotopic (exact) mass is 372 g/mol. The second-order valence-electron chi connectivity index (χ2n) is 7.68. The third-order valence-corrected chi connectivity index (χ3v) is 5.57. The smallest absolute Gasteiger partial charge is 0.406 e. The van der Waals surface area contributed by atoms with Gasteiger partial charge in [-0.3, -0.25) is 0 Å².